The molecule has 5 rings (SSSR count). The molecule has 0 aliphatic carbocycles. The summed E-state index contributed by atoms with van der Waals surface area (Å²) in [7, 11) is 1.41. The number of nitrogens with zero attached hydrogens (tertiary/aromatic N) is 7. The van der Waals surface area contributed by atoms with E-state index in [1.807, 2.05) is 30.9 Å². The van der Waals surface area contributed by atoms with Gasteiger partial charge in [-0.25, -0.2) is 14.4 Å². The maximum Gasteiger partial charge on any atom is 0.223 e. The first kappa shape index (κ1) is 23.3. The van der Waals surface area contributed by atoms with Gasteiger partial charge in [0.15, 0.2) is 23.0 Å². The van der Waals surface area contributed by atoms with Crippen LogP contribution in [0.15, 0.2) is 24.5 Å². The normalized spacial score (nSPS) is 20.0. The predicted octanol–water partition coefficient (Wildman–Crippen LogP) is 3.09. The van der Waals surface area contributed by atoms with Gasteiger partial charge in [0.1, 0.15) is 0 Å². The van der Waals surface area contributed by atoms with Gasteiger partial charge < -0.3 is 20.5 Å². The zero-order valence-corrected chi connectivity index (χ0v) is 20.6. The number of halogens is 1. The molecule has 0 saturated carbocycles. The summed E-state index contributed by atoms with van der Waals surface area (Å²) in [5, 5.41) is 19.9. The second-order valence-corrected chi connectivity index (χ2v) is 9.93. The molecule has 0 unspecified atom stereocenters. The van der Waals surface area contributed by atoms with E-state index in [-0.39, 0.29) is 17.6 Å². The minimum absolute atomic E-state index is 0.0526. The van der Waals surface area contributed by atoms with Crippen molar-refractivity contribution in [3.05, 3.63) is 36.2 Å². The molecule has 1 saturated heterocycles. The molecule has 1 aliphatic heterocycles. The number of hydrogen-bond donors (Lipinski definition) is 2. The molecular weight excluding hydrogens is 451 g/mol. The van der Waals surface area contributed by atoms with Gasteiger partial charge in [0.05, 0.1) is 36.2 Å². The Kier molecular flexibility index (Phi) is 5.54. The van der Waals surface area contributed by atoms with Crippen molar-refractivity contribution in [2.24, 2.45) is 0 Å². The molecule has 10 nitrogen and oxygen atoms in total. The monoisotopic (exact) mass is 482 g/mol. The number of piperidine rings is 1. The van der Waals surface area contributed by atoms with Gasteiger partial charge in [0.2, 0.25) is 5.95 Å². The first-order valence-corrected chi connectivity index (χ1v) is 11.8. The Balaban J connectivity index is 1.49. The largest absolute Gasteiger partial charge is 0.494 e. The van der Waals surface area contributed by atoms with Gasteiger partial charge in [-0.05, 0) is 46.6 Å². The fourth-order valence-corrected chi connectivity index (χ4v) is 4.62. The van der Waals surface area contributed by atoms with E-state index in [9.17, 15) is 9.50 Å². The van der Waals surface area contributed by atoms with Gasteiger partial charge >= 0.3 is 0 Å². The van der Waals surface area contributed by atoms with Crippen LogP contribution in [0.25, 0.3) is 16.6 Å². The summed E-state index contributed by atoms with van der Waals surface area (Å²) in [5.41, 5.74) is 7.61. The Morgan fingerprint density at radius 2 is 2.03 bits per heavy atom. The van der Waals surface area contributed by atoms with Gasteiger partial charge in [-0.1, -0.05) is 0 Å². The van der Waals surface area contributed by atoms with Crippen molar-refractivity contribution in [1.29, 1.82) is 0 Å². The molecule has 35 heavy (non-hydrogen) atoms. The lowest BCUT2D eigenvalue weighted by Crippen LogP contribution is -2.41. The van der Waals surface area contributed by atoms with Gasteiger partial charge in [-0.15, -0.1) is 5.10 Å². The van der Waals surface area contributed by atoms with Crippen LogP contribution in [-0.4, -0.2) is 60.3 Å². The van der Waals surface area contributed by atoms with Gasteiger partial charge in [0.25, 0.3) is 0 Å². The van der Waals surface area contributed by atoms with Crippen LogP contribution in [0.2, 0.25) is 0 Å². The Hall–Kier alpha value is -3.47. The zero-order chi connectivity index (χ0) is 25.1. The standard InChI is InChI=1S/C24H31FN8O2/c1-13-6-7-15(11-31(13)16-10-27-32(12-16)24(3,4)14(2)34)21-29-22-17-8-18(25)20(35-5)9-19(17)28-23(26)33(22)30-21/h8-10,12-15,34H,6-7,11H2,1-5H3,(H2,26,28)/t13-,14+,15+/m1/s1. The van der Waals surface area contributed by atoms with Crippen LogP contribution in [0, 0.1) is 5.82 Å². The highest BCUT2D eigenvalue weighted by Gasteiger charge is 2.32. The number of hydrogen-bond acceptors (Lipinski definition) is 8. The number of nitrogen functional groups attached to an aromatic ring is 1. The zero-order valence-electron chi connectivity index (χ0n) is 20.6. The Morgan fingerprint density at radius 1 is 1.26 bits per heavy atom. The third-order valence-electron chi connectivity index (χ3n) is 7.35. The molecule has 0 radical (unpaired) electrons. The van der Waals surface area contributed by atoms with Crippen molar-refractivity contribution in [2.75, 3.05) is 24.3 Å². The lowest BCUT2D eigenvalue weighted by molar-refractivity contribution is 0.0647. The fourth-order valence-electron chi connectivity index (χ4n) is 4.62. The Labute approximate surface area is 202 Å². The second-order valence-electron chi connectivity index (χ2n) is 9.93. The second kappa shape index (κ2) is 8.33. The van der Waals surface area contributed by atoms with Gasteiger partial charge in [0, 0.05) is 36.2 Å². The molecule has 4 heterocycles. The molecule has 0 bridgehead atoms. The summed E-state index contributed by atoms with van der Waals surface area (Å²) in [6, 6.07) is 3.19. The number of benzene rings is 1. The number of anilines is 2. The van der Waals surface area contributed by atoms with Gasteiger partial charge in [-0.3, -0.25) is 4.68 Å². The molecule has 0 amide bonds. The highest BCUT2D eigenvalue weighted by atomic mass is 19.1. The van der Waals surface area contributed by atoms with Crippen molar-refractivity contribution in [3.8, 4) is 5.75 Å². The third kappa shape index (κ3) is 3.83. The molecule has 3 atom stereocenters. The van der Waals surface area contributed by atoms with E-state index in [0.717, 1.165) is 18.5 Å². The average molecular weight is 483 g/mol. The highest BCUT2D eigenvalue weighted by molar-refractivity contribution is 5.93. The maximum absolute atomic E-state index is 14.5. The third-order valence-corrected chi connectivity index (χ3v) is 7.35. The van der Waals surface area contributed by atoms with Crippen molar-refractivity contribution >= 4 is 28.2 Å². The van der Waals surface area contributed by atoms with Crippen molar-refractivity contribution < 1.29 is 14.2 Å². The molecule has 0 spiro atoms. The predicted molar refractivity (Wildman–Crippen MR) is 131 cm³/mol. The van der Waals surface area contributed by atoms with Gasteiger partial charge in [-0.2, -0.15) is 9.61 Å². The molecule has 4 aromatic rings. The molecule has 1 fully saturated rings. The van der Waals surface area contributed by atoms with Crippen LogP contribution in [0.5, 0.6) is 5.75 Å². The van der Waals surface area contributed by atoms with Crippen LogP contribution in [-0.2, 0) is 5.54 Å². The number of fused-ring (bicyclic) bond motifs is 3. The van der Waals surface area contributed by atoms with E-state index in [1.165, 1.54) is 23.8 Å². The minimum atomic E-state index is -0.553. The summed E-state index contributed by atoms with van der Waals surface area (Å²) in [5.74, 6) is 0.493. The number of aliphatic hydroxyl groups is 1. The van der Waals surface area contributed by atoms with E-state index in [2.05, 4.69) is 27.0 Å². The Bertz CT molecular complexity index is 1400. The minimum Gasteiger partial charge on any atom is -0.494 e. The van der Waals surface area contributed by atoms with Crippen molar-refractivity contribution in [3.63, 3.8) is 0 Å². The highest BCUT2D eigenvalue weighted by Crippen LogP contribution is 2.34. The first-order valence-electron chi connectivity index (χ1n) is 11.8. The van der Waals surface area contributed by atoms with Crippen molar-refractivity contribution in [1.82, 2.24) is 29.4 Å². The van der Waals surface area contributed by atoms with Crippen LogP contribution >= 0.6 is 0 Å². The van der Waals surface area contributed by atoms with E-state index in [1.54, 1.807) is 6.92 Å². The number of ether oxygens (including phenoxy) is 1. The summed E-state index contributed by atoms with van der Waals surface area (Å²) in [6.45, 7) is 8.57. The lowest BCUT2D eigenvalue weighted by atomic mass is 9.92. The summed E-state index contributed by atoms with van der Waals surface area (Å²) in [6.07, 6.45) is 5.13. The molecule has 3 aromatic heterocycles. The molecule has 3 N–H and O–H groups in total. The average Bonchev–Trinajstić information content (AvgIpc) is 3.48. The van der Waals surface area contributed by atoms with E-state index in [4.69, 9.17) is 15.5 Å². The van der Waals surface area contributed by atoms with E-state index in [0.29, 0.717) is 35.0 Å². The first-order chi connectivity index (χ1) is 16.6. The SMILES string of the molecule is COc1cc2nc(N)n3nc([C@H]4CC[C@@H](C)N(c5cnn(C(C)(C)[C@H](C)O)c5)C4)nc3c2cc1F. The van der Waals surface area contributed by atoms with E-state index >= 15 is 0 Å². The number of aliphatic hydroxyl groups excluding tert-OH is 1. The van der Waals surface area contributed by atoms with Crippen LogP contribution in [0.3, 0.4) is 0 Å². The van der Waals surface area contributed by atoms with Crippen LogP contribution < -0.4 is 15.4 Å². The maximum atomic E-state index is 14.5. The number of methoxy groups -OCH3 is 1. The molecule has 186 valence electrons. The topological polar surface area (TPSA) is 120 Å². The van der Waals surface area contributed by atoms with E-state index < -0.39 is 17.5 Å². The smallest absolute Gasteiger partial charge is 0.223 e. The fraction of sp³-hybridized carbons (Fsp3) is 0.500. The molecule has 1 aromatic carbocycles. The molecule has 11 heteroatoms. The summed E-state index contributed by atoms with van der Waals surface area (Å²) >= 11 is 0. The quantitative estimate of drug-likeness (QED) is 0.445. The summed E-state index contributed by atoms with van der Waals surface area (Å²) in [4.78, 5) is 11.5. The molecule has 1 aliphatic rings. The van der Waals surface area contributed by atoms with Crippen LogP contribution in [0.4, 0.5) is 16.0 Å². The lowest BCUT2D eigenvalue weighted by Gasteiger charge is -2.38. The number of nitrogens with two attached hydrogens (primary N) is 1. The molecular formula is C24H31FN8O2. The van der Waals surface area contributed by atoms with Crippen LogP contribution in [0.1, 0.15) is 52.3 Å². The van der Waals surface area contributed by atoms with Crippen molar-refractivity contribution in [2.45, 2.75) is 64.1 Å². The Morgan fingerprint density at radius 3 is 2.74 bits per heavy atom. The number of rotatable bonds is 5. The number of aromatic nitrogens is 6. The summed E-state index contributed by atoms with van der Waals surface area (Å²) < 4.78 is 22.8.